The number of nitrogens with zero attached hydrogens (tertiary/aromatic N) is 1. The third kappa shape index (κ3) is 2.91. The molecule has 4 nitrogen and oxygen atoms in total. The minimum atomic E-state index is -0.00952. The molecule has 28 heavy (non-hydrogen) atoms. The van der Waals surface area contributed by atoms with Gasteiger partial charge in [0.15, 0.2) is 0 Å². The molecule has 0 radical (unpaired) electrons. The molecule has 1 aliphatic carbocycles. The average Bonchev–Trinajstić information content (AvgIpc) is 3.19. The van der Waals surface area contributed by atoms with Gasteiger partial charge >= 0.3 is 0 Å². The zero-order chi connectivity index (χ0) is 19.1. The van der Waals surface area contributed by atoms with Crippen molar-refractivity contribution < 1.29 is 4.79 Å². The van der Waals surface area contributed by atoms with Crippen LogP contribution in [0.4, 0.5) is 5.69 Å². The molecular formula is C24H29N3O. The summed E-state index contributed by atoms with van der Waals surface area (Å²) in [6.45, 7) is 0.830. The maximum atomic E-state index is 13.5. The molecule has 1 saturated carbocycles. The molecule has 1 amide bonds. The van der Waals surface area contributed by atoms with Crippen molar-refractivity contribution in [2.75, 3.05) is 11.9 Å². The number of hydrogen-bond acceptors (Lipinski definition) is 3. The van der Waals surface area contributed by atoms with E-state index in [2.05, 4.69) is 64.8 Å². The summed E-state index contributed by atoms with van der Waals surface area (Å²) in [5.41, 5.74) is 10.1. The first kappa shape index (κ1) is 17.7. The molecule has 2 aromatic rings. The summed E-state index contributed by atoms with van der Waals surface area (Å²) in [5, 5.41) is 3.77. The van der Waals surface area contributed by atoms with Crippen LogP contribution in [0, 0.1) is 11.8 Å². The minimum absolute atomic E-state index is 0.00952. The van der Waals surface area contributed by atoms with E-state index in [9.17, 15) is 4.79 Å². The third-order valence-electron chi connectivity index (χ3n) is 7.04. The normalized spacial score (nSPS) is 31.6. The van der Waals surface area contributed by atoms with Gasteiger partial charge in [-0.3, -0.25) is 4.79 Å². The van der Waals surface area contributed by atoms with Gasteiger partial charge in [-0.05, 0) is 36.5 Å². The van der Waals surface area contributed by atoms with Gasteiger partial charge in [-0.15, -0.1) is 0 Å². The van der Waals surface area contributed by atoms with Gasteiger partial charge in [0.1, 0.15) is 0 Å². The Morgan fingerprint density at radius 1 is 0.964 bits per heavy atom. The van der Waals surface area contributed by atoms with Gasteiger partial charge in [-0.1, -0.05) is 61.4 Å². The van der Waals surface area contributed by atoms with Crippen LogP contribution in [0.3, 0.4) is 0 Å². The molecule has 2 aliphatic heterocycles. The summed E-state index contributed by atoms with van der Waals surface area (Å²) in [4.78, 5) is 15.7. The summed E-state index contributed by atoms with van der Waals surface area (Å²) in [5.74, 6) is 0.661. The molecule has 2 aromatic carbocycles. The van der Waals surface area contributed by atoms with E-state index < -0.39 is 0 Å². The lowest BCUT2D eigenvalue weighted by molar-refractivity contribution is -0.138. The predicted octanol–water partition coefficient (Wildman–Crippen LogP) is 4.26. The fraction of sp³-hybridized carbons (Fsp3) is 0.458. The van der Waals surface area contributed by atoms with Crippen LogP contribution >= 0.6 is 0 Å². The molecule has 0 spiro atoms. The first-order valence-electron chi connectivity index (χ1n) is 10.7. The Bertz CT molecular complexity index is 852. The SMILES string of the molecule is N[C@@H]1CCCC[C@@H]1C(=O)N1CC[C@H]2[C@@H](c3ccccc3)Nc3ccccc3[C@H]21. The minimum Gasteiger partial charge on any atom is -0.378 e. The average molecular weight is 376 g/mol. The summed E-state index contributed by atoms with van der Waals surface area (Å²) in [6.07, 6.45) is 5.22. The van der Waals surface area contributed by atoms with Crippen LogP contribution in [-0.2, 0) is 4.79 Å². The fourth-order valence-corrected chi connectivity index (χ4v) is 5.64. The van der Waals surface area contributed by atoms with Crippen molar-refractivity contribution in [2.45, 2.75) is 50.2 Å². The molecule has 5 atom stereocenters. The highest BCUT2D eigenvalue weighted by Crippen LogP contribution is 2.51. The van der Waals surface area contributed by atoms with E-state index in [0.717, 1.165) is 44.3 Å². The molecule has 0 unspecified atom stereocenters. The zero-order valence-electron chi connectivity index (χ0n) is 16.3. The number of hydrogen-bond donors (Lipinski definition) is 2. The van der Waals surface area contributed by atoms with E-state index in [0.29, 0.717) is 5.92 Å². The van der Waals surface area contributed by atoms with E-state index in [4.69, 9.17) is 5.73 Å². The number of nitrogens with one attached hydrogen (secondary N) is 1. The first-order valence-corrected chi connectivity index (χ1v) is 10.7. The number of fused-ring (bicyclic) bond motifs is 3. The standard InChI is InChI=1S/C24H29N3O/c25-20-12-6-4-10-17(20)24(28)27-15-14-19-22(16-8-2-1-3-9-16)26-21-13-7-5-11-18(21)23(19)27/h1-3,5,7-9,11,13,17,19-20,22-23,26H,4,6,10,12,14-15,25H2/t17-,19-,20+,22+,23+/m0/s1. The Morgan fingerprint density at radius 2 is 1.71 bits per heavy atom. The van der Waals surface area contributed by atoms with Gasteiger partial charge in [-0.25, -0.2) is 0 Å². The van der Waals surface area contributed by atoms with Gasteiger partial charge in [0.2, 0.25) is 5.91 Å². The van der Waals surface area contributed by atoms with Gasteiger partial charge < -0.3 is 16.0 Å². The molecule has 5 rings (SSSR count). The molecular weight excluding hydrogens is 346 g/mol. The molecule has 1 saturated heterocycles. The number of anilines is 1. The van der Waals surface area contributed by atoms with Crippen molar-refractivity contribution >= 4 is 11.6 Å². The number of amides is 1. The first-order chi connectivity index (χ1) is 13.7. The second-order valence-electron chi connectivity index (χ2n) is 8.60. The largest absolute Gasteiger partial charge is 0.378 e. The number of nitrogens with two attached hydrogens (primary N) is 1. The van der Waals surface area contributed by atoms with Crippen LogP contribution in [0.15, 0.2) is 54.6 Å². The molecule has 0 aromatic heterocycles. The Kier molecular flexibility index (Phi) is 4.59. The summed E-state index contributed by atoms with van der Waals surface area (Å²) < 4.78 is 0. The van der Waals surface area contributed by atoms with Crippen molar-refractivity contribution in [3.63, 3.8) is 0 Å². The van der Waals surface area contributed by atoms with Crippen molar-refractivity contribution in [3.05, 3.63) is 65.7 Å². The molecule has 3 aliphatic rings. The Balaban J connectivity index is 1.51. The Labute approximate surface area is 167 Å². The monoisotopic (exact) mass is 375 g/mol. The van der Waals surface area contributed by atoms with E-state index in [1.165, 1.54) is 11.1 Å². The van der Waals surface area contributed by atoms with Crippen LogP contribution in [-0.4, -0.2) is 23.4 Å². The maximum absolute atomic E-state index is 13.5. The topological polar surface area (TPSA) is 58.4 Å². The van der Waals surface area contributed by atoms with Gasteiger partial charge in [-0.2, -0.15) is 0 Å². The summed E-state index contributed by atoms with van der Waals surface area (Å²) in [7, 11) is 0. The molecule has 146 valence electrons. The van der Waals surface area contributed by atoms with Gasteiger partial charge in [0, 0.05) is 24.2 Å². The van der Waals surface area contributed by atoms with Crippen LogP contribution in [0.5, 0.6) is 0 Å². The summed E-state index contributed by atoms with van der Waals surface area (Å²) >= 11 is 0. The third-order valence-corrected chi connectivity index (χ3v) is 7.04. The zero-order valence-corrected chi connectivity index (χ0v) is 16.3. The van der Waals surface area contributed by atoms with Gasteiger partial charge in [0.05, 0.1) is 18.0 Å². The number of carbonyl (C=O) groups excluding carboxylic acids is 1. The number of para-hydroxylation sites is 1. The van der Waals surface area contributed by atoms with Crippen LogP contribution in [0.2, 0.25) is 0 Å². The maximum Gasteiger partial charge on any atom is 0.227 e. The molecule has 2 heterocycles. The molecule has 2 fully saturated rings. The lowest BCUT2D eigenvalue weighted by atomic mass is 9.79. The second kappa shape index (κ2) is 7.25. The smallest absolute Gasteiger partial charge is 0.227 e. The van der Waals surface area contributed by atoms with E-state index >= 15 is 0 Å². The number of rotatable bonds is 2. The van der Waals surface area contributed by atoms with Crippen LogP contribution in [0.25, 0.3) is 0 Å². The van der Waals surface area contributed by atoms with Crippen molar-refractivity contribution in [1.29, 1.82) is 0 Å². The van der Waals surface area contributed by atoms with E-state index in [1.807, 2.05) is 0 Å². The lowest BCUT2D eigenvalue weighted by Gasteiger charge is -2.41. The van der Waals surface area contributed by atoms with E-state index in [-0.39, 0.29) is 30.0 Å². The van der Waals surface area contributed by atoms with Crippen molar-refractivity contribution in [3.8, 4) is 0 Å². The number of carbonyl (C=O) groups is 1. The highest BCUT2D eigenvalue weighted by molar-refractivity contribution is 5.81. The fourth-order valence-electron chi connectivity index (χ4n) is 5.64. The highest BCUT2D eigenvalue weighted by atomic mass is 16.2. The summed E-state index contributed by atoms with van der Waals surface area (Å²) in [6, 6.07) is 19.6. The van der Waals surface area contributed by atoms with Crippen molar-refractivity contribution in [2.24, 2.45) is 17.6 Å². The quantitative estimate of drug-likeness (QED) is 0.824. The van der Waals surface area contributed by atoms with Crippen LogP contribution in [0.1, 0.15) is 55.3 Å². The van der Waals surface area contributed by atoms with Crippen LogP contribution < -0.4 is 11.1 Å². The van der Waals surface area contributed by atoms with E-state index in [1.54, 1.807) is 0 Å². The molecule has 4 heteroatoms. The van der Waals surface area contributed by atoms with Gasteiger partial charge in [0.25, 0.3) is 0 Å². The second-order valence-corrected chi connectivity index (χ2v) is 8.60. The number of benzene rings is 2. The Hall–Kier alpha value is -2.33. The lowest BCUT2D eigenvalue weighted by Crippen LogP contribution is -2.46. The Morgan fingerprint density at radius 3 is 2.54 bits per heavy atom. The number of likely N-dealkylation sites (tertiary alicyclic amines) is 1. The predicted molar refractivity (Wildman–Crippen MR) is 112 cm³/mol. The van der Waals surface area contributed by atoms with Crippen molar-refractivity contribution in [1.82, 2.24) is 4.90 Å². The molecule has 3 N–H and O–H groups in total. The highest BCUT2D eigenvalue weighted by Gasteiger charge is 2.47. The molecule has 0 bridgehead atoms.